The van der Waals surface area contributed by atoms with Gasteiger partial charge in [-0.15, -0.1) is 0 Å². The van der Waals surface area contributed by atoms with E-state index in [-0.39, 0.29) is 22.6 Å². The normalized spacial score (nSPS) is 15.4. The zero-order valence-corrected chi connectivity index (χ0v) is 14.5. The maximum Gasteiger partial charge on any atom is 0.268 e. The highest BCUT2D eigenvalue weighted by Gasteiger charge is 2.19. The Balaban J connectivity index is 1.92. The molecule has 1 aliphatic rings. The second-order valence-corrected chi connectivity index (χ2v) is 7.24. The fourth-order valence-electron chi connectivity index (χ4n) is 2.78. The van der Waals surface area contributed by atoms with Crippen LogP contribution in [0.1, 0.15) is 32.1 Å². The molecule has 1 aromatic heterocycles. The van der Waals surface area contributed by atoms with E-state index in [1.165, 1.54) is 18.6 Å². The zero-order valence-electron chi connectivity index (χ0n) is 12.9. The van der Waals surface area contributed by atoms with Crippen LogP contribution in [0.25, 0.3) is 0 Å². The predicted molar refractivity (Wildman–Crippen MR) is 95.3 cm³/mol. The zero-order chi connectivity index (χ0) is 17.1. The number of hydrogen-bond acceptors (Lipinski definition) is 5. The summed E-state index contributed by atoms with van der Waals surface area (Å²) in [5.74, 6) is 0.0932. The van der Waals surface area contributed by atoms with Gasteiger partial charge in [0.25, 0.3) is 5.56 Å². The molecular weight excluding hydrogens is 351 g/mol. The van der Waals surface area contributed by atoms with E-state index in [0.29, 0.717) is 15.6 Å². The highest BCUT2D eigenvalue weighted by Crippen LogP contribution is 2.35. The smallest absolute Gasteiger partial charge is 0.268 e. The average Bonchev–Trinajstić information content (AvgIpc) is 2.53. The number of rotatable bonds is 4. The summed E-state index contributed by atoms with van der Waals surface area (Å²) in [4.78, 5) is 20.0. The molecule has 0 radical (unpaired) electrons. The van der Waals surface area contributed by atoms with Gasteiger partial charge in [-0.1, -0.05) is 42.6 Å². The summed E-state index contributed by atoms with van der Waals surface area (Å²) in [7, 11) is 0. The van der Waals surface area contributed by atoms with Crippen LogP contribution in [0.4, 0.5) is 16.2 Å². The molecule has 2 aromatic rings. The van der Waals surface area contributed by atoms with E-state index >= 15 is 0 Å². The minimum Gasteiger partial charge on any atom is -0.369 e. The Kier molecular flexibility index (Phi) is 5.30. The number of nitrogens with one attached hydrogen (secondary N) is 2. The molecule has 5 nitrogen and oxygen atoms in total. The number of H-pyrrole nitrogens is 1. The summed E-state index contributed by atoms with van der Waals surface area (Å²) in [6.45, 7) is 0. The van der Waals surface area contributed by atoms with E-state index in [1.807, 2.05) is 0 Å². The number of halogens is 2. The summed E-state index contributed by atoms with van der Waals surface area (Å²) in [5, 5.41) is 3.58. The number of aromatic amines is 1. The Morgan fingerprint density at radius 1 is 1.33 bits per heavy atom. The number of nitrogen functional groups attached to an aromatic ring is 1. The highest BCUT2D eigenvalue weighted by molar-refractivity contribution is 7.99. The summed E-state index contributed by atoms with van der Waals surface area (Å²) in [6, 6.07) is 4.34. The first-order valence-corrected chi connectivity index (χ1v) is 9.01. The van der Waals surface area contributed by atoms with Crippen molar-refractivity contribution in [1.29, 1.82) is 0 Å². The Labute approximate surface area is 148 Å². The van der Waals surface area contributed by atoms with Gasteiger partial charge in [-0.2, -0.15) is 4.98 Å². The molecule has 128 valence electrons. The van der Waals surface area contributed by atoms with Gasteiger partial charge in [-0.3, -0.25) is 9.78 Å². The van der Waals surface area contributed by atoms with Crippen LogP contribution in [0, 0.1) is 5.82 Å². The summed E-state index contributed by atoms with van der Waals surface area (Å²) in [5.41, 5.74) is 5.34. The second kappa shape index (κ2) is 7.44. The average molecular weight is 369 g/mol. The van der Waals surface area contributed by atoms with E-state index < -0.39 is 5.82 Å². The lowest BCUT2D eigenvalue weighted by molar-refractivity contribution is 0.461. The van der Waals surface area contributed by atoms with Gasteiger partial charge < -0.3 is 11.1 Å². The highest BCUT2D eigenvalue weighted by atomic mass is 35.5. The minimum atomic E-state index is -0.422. The van der Waals surface area contributed by atoms with Crippen molar-refractivity contribution in [2.75, 3.05) is 11.1 Å². The fraction of sp³-hybridized carbons (Fsp3) is 0.375. The van der Waals surface area contributed by atoms with Crippen molar-refractivity contribution < 1.29 is 4.39 Å². The Morgan fingerprint density at radius 2 is 2.08 bits per heavy atom. The lowest BCUT2D eigenvalue weighted by atomic mass is 9.95. The molecule has 24 heavy (non-hydrogen) atoms. The van der Waals surface area contributed by atoms with Gasteiger partial charge in [0, 0.05) is 10.9 Å². The lowest BCUT2D eigenvalue weighted by Crippen LogP contribution is -2.26. The van der Waals surface area contributed by atoms with Crippen molar-refractivity contribution in [2.45, 2.75) is 47.9 Å². The van der Waals surface area contributed by atoms with Crippen molar-refractivity contribution >= 4 is 35.1 Å². The molecule has 4 N–H and O–H groups in total. The van der Waals surface area contributed by atoms with E-state index in [1.54, 1.807) is 6.07 Å². The van der Waals surface area contributed by atoms with Crippen LogP contribution >= 0.6 is 23.4 Å². The third-order valence-corrected chi connectivity index (χ3v) is 5.53. The van der Waals surface area contributed by atoms with Crippen molar-refractivity contribution in [1.82, 2.24) is 9.97 Å². The molecular formula is C16H18ClFN4OS. The molecule has 0 atom stereocenters. The molecule has 8 heteroatoms. The third kappa shape index (κ3) is 4.02. The maximum absolute atomic E-state index is 13.2. The third-order valence-electron chi connectivity index (χ3n) is 3.95. The molecule has 3 rings (SSSR count). The van der Waals surface area contributed by atoms with Crippen LogP contribution in [0.5, 0.6) is 0 Å². The van der Waals surface area contributed by atoms with Crippen LogP contribution in [0.3, 0.4) is 0 Å². The Hall–Kier alpha value is -1.73. The first-order chi connectivity index (χ1) is 11.5. The van der Waals surface area contributed by atoms with Gasteiger partial charge >= 0.3 is 0 Å². The quantitative estimate of drug-likeness (QED) is 0.758. The Bertz CT molecular complexity index is 792. The molecule has 1 saturated carbocycles. The number of benzene rings is 1. The number of nitrogens with two attached hydrogens (primary N) is 1. The molecule has 0 amide bonds. The Morgan fingerprint density at radius 3 is 2.79 bits per heavy atom. The number of nitrogens with zero attached hydrogens (tertiary/aromatic N) is 1. The van der Waals surface area contributed by atoms with Gasteiger partial charge in [0.2, 0.25) is 5.95 Å². The number of aromatic nitrogens is 2. The van der Waals surface area contributed by atoms with E-state index in [4.69, 9.17) is 17.3 Å². The molecule has 1 fully saturated rings. The van der Waals surface area contributed by atoms with Crippen molar-refractivity contribution in [3.8, 4) is 0 Å². The number of anilines is 2. The first-order valence-electron chi connectivity index (χ1n) is 7.82. The summed E-state index contributed by atoms with van der Waals surface area (Å²) < 4.78 is 13.2. The number of hydrogen-bond donors (Lipinski definition) is 3. The van der Waals surface area contributed by atoms with Crippen LogP contribution in [0.15, 0.2) is 32.8 Å². The topological polar surface area (TPSA) is 83.8 Å². The van der Waals surface area contributed by atoms with Gasteiger partial charge in [0.05, 0.1) is 5.02 Å². The lowest BCUT2D eigenvalue weighted by Gasteiger charge is -2.24. The van der Waals surface area contributed by atoms with Crippen molar-refractivity contribution in [2.24, 2.45) is 0 Å². The monoisotopic (exact) mass is 368 g/mol. The maximum atomic E-state index is 13.2. The first kappa shape index (κ1) is 17.1. The molecule has 1 heterocycles. The van der Waals surface area contributed by atoms with Gasteiger partial charge in [-0.25, -0.2) is 4.39 Å². The molecule has 0 aliphatic heterocycles. The minimum absolute atomic E-state index is 0.0628. The largest absolute Gasteiger partial charge is 0.369 e. The van der Waals surface area contributed by atoms with Gasteiger partial charge in [-0.05, 0) is 31.0 Å². The van der Waals surface area contributed by atoms with Crippen LogP contribution in [-0.2, 0) is 0 Å². The van der Waals surface area contributed by atoms with E-state index in [9.17, 15) is 9.18 Å². The molecule has 1 aromatic carbocycles. The van der Waals surface area contributed by atoms with Crippen LogP contribution in [-0.4, -0.2) is 16.0 Å². The fourth-order valence-corrected chi connectivity index (χ4v) is 3.92. The van der Waals surface area contributed by atoms with Gasteiger partial charge in [0.1, 0.15) is 16.5 Å². The molecule has 1 aliphatic carbocycles. The second-order valence-electron chi connectivity index (χ2n) is 5.78. The molecule has 0 spiro atoms. The van der Waals surface area contributed by atoms with Crippen LogP contribution < -0.4 is 16.6 Å². The standard InChI is InChI=1S/C16H18ClFN4OS/c17-11-8-9(18)6-7-12(11)24-13-14(21-16(19)22-15(13)23)20-10-4-2-1-3-5-10/h6-8,10H,1-5H2,(H4,19,20,21,22,23). The predicted octanol–water partition coefficient (Wildman–Crippen LogP) is 4.04. The summed E-state index contributed by atoms with van der Waals surface area (Å²) >= 11 is 7.22. The van der Waals surface area contributed by atoms with E-state index in [2.05, 4.69) is 15.3 Å². The molecule has 0 unspecified atom stereocenters. The van der Waals surface area contributed by atoms with Gasteiger partial charge in [0.15, 0.2) is 0 Å². The molecule has 0 bridgehead atoms. The van der Waals surface area contributed by atoms with Crippen LogP contribution in [0.2, 0.25) is 5.02 Å². The van der Waals surface area contributed by atoms with Crippen molar-refractivity contribution in [3.63, 3.8) is 0 Å². The molecule has 0 saturated heterocycles. The van der Waals surface area contributed by atoms with Crippen molar-refractivity contribution in [3.05, 3.63) is 39.4 Å². The summed E-state index contributed by atoms with van der Waals surface area (Å²) in [6.07, 6.45) is 5.62. The van der Waals surface area contributed by atoms with E-state index in [0.717, 1.165) is 37.4 Å². The SMILES string of the molecule is Nc1nc(NC2CCCCC2)c(Sc2ccc(F)cc2Cl)c(=O)[nH]1.